The van der Waals surface area contributed by atoms with Crippen molar-refractivity contribution in [3.05, 3.63) is 53.5 Å². The van der Waals surface area contributed by atoms with E-state index >= 15 is 0 Å². The highest BCUT2D eigenvalue weighted by atomic mass is 16.1. The molecule has 1 saturated heterocycles. The molecule has 0 unspecified atom stereocenters. The SMILES string of the molecule is Cc1n[nH]c(C)c1-c1nc2ccc(NC(=O)c3ccc(N4CCCC4)nc3)cc2[nH]1. The summed E-state index contributed by atoms with van der Waals surface area (Å²) in [6.07, 6.45) is 4.03. The van der Waals surface area contributed by atoms with Gasteiger partial charge >= 0.3 is 0 Å². The van der Waals surface area contributed by atoms with Crippen molar-refractivity contribution in [2.75, 3.05) is 23.3 Å². The molecule has 0 bridgehead atoms. The molecular weight excluding hydrogens is 378 g/mol. The number of anilines is 2. The maximum atomic E-state index is 12.7. The van der Waals surface area contributed by atoms with Crippen molar-refractivity contribution in [2.24, 2.45) is 0 Å². The van der Waals surface area contributed by atoms with E-state index in [0.29, 0.717) is 11.3 Å². The molecule has 4 heterocycles. The van der Waals surface area contributed by atoms with Crippen molar-refractivity contribution >= 4 is 28.4 Å². The zero-order chi connectivity index (χ0) is 20.7. The summed E-state index contributed by atoms with van der Waals surface area (Å²) < 4.78 is 0. The van der Waals surface area contributed by atoms with E-state index in [4.69, 9.17) is 0 Å². The number of carbonyl (C=O) groups excluding carboxylic acids is 1. The molecule has 0 radical (unpaired) electrons. The van der Waals surface area contributed by atoms with Crippen molar-refractivity contribution in [2.45, 2.75) is 26.7 Å². The predicted octanol–water partition coefficient (Wildman–Crippen LogP) is 3.82. The molecule has 3 aromatic heterocycles. The first kappa shape index (κ1) is 18.4. The minimum absolute atomic E-state index is 0.184. The van der Waals surface area contributed by atoms with Gasteiger partial charge in [-0.25, -0.2) is 9.97 Å². The summed E-state index contributed by atoms with van der Waals surface area (Å²) in [5.74, 6) is 1.51. The summed E-state index contributed by atoms with van der Waals surface area (Å²) in [4.78, 5) is 27.4. The molecule has 0 spiro atoms. The number of benzene rings is 1. The van der Waals surface area contributed by atoms with Crippen LogP contribution < -0.4 is 10.2 Å². The lowest BCUT2D eigenvalue weighted by molar-refractivity contribution is 0.102. The van der Waals surface area contributed by atoms with Crippen LogP contribution >= 0.6 is 0 Å². The van der Waals surface area contributed by atoms with Gasteiger partial charge in [-0.2, -0.15) is 5.10 Å². The first-order chi connectivity index (χ1) is 14.6. The third-order valence-corrected chi connectivity index (χ3v) is 5.54. The average molecular weight is 401 g/mol. The number of pyridine rings is 1. The number of nitrogens with zero attached hydrogens (tertiary/aromatic N) is 4. The topological polar surface area (TPSA) is 103 Å². The Labute approximate surface area is 173 Å². The van der Waals surface area contributed by atoms with Crippen LogP contribution in [0.1, 0.15) is 34.6 Å². The summed E-state index contributed by atoms with van der Waals surface area (Å²) in [6, 6.07) is 9.38. The molecule has 1 aliphatic heterocycles. The van der Waals surface area contributed by atoms with Gasteiger partial charge in [0.25, 0.3) is 5.91 Å². The monoisotopic (exact) mass is 401 g/mol. The second kappa shape index (κ2) is 7.29. The fourth-order valence-corrected chi connectivity index (χ4v) is 3.96. The van der Waals surface area contributed by atoms with Gasteiger partial charge in [-0.15, -0.1) is 0 Å². The highest BCUT2D eigenvalue weighted by Crippen LogP contribution is 2.26. The van der Waals surface area contributed by atoms with Crippen LogP contribution in [-0.2, 0) is 0 Å². The molecular formula is C22H23N7O. The minimum Gasteiger partial charge on any atom is -0.357 e. The minimum atomic E-state index is -0.184. The normalized spacial score (nSPS) is 13.9. The van der Waals surface area contributed by atoms with E-state index in [1.165, 1.54) is 12.8 Å². The second-order valence-electron chi connectivity index (χ2n) is 7.68. The van der Waals surface area contributed by atoms with Gasteiger partial charge in [0.15, 0.2) is 0 Å². The Hall–Kier alpha value is -3.68. The summed E-state index contributed by atoms with van der Waals surface area (Å²) in [7, 11) is 0. The average Bonchev–Trinajstić information content (AvgIpc) is 3.48. The van der Waals surface area contributed by atoms with Crippen LogP contribution in [0.5, 0.6) is 0 Å². The molecule has 1 aromatic carbocycles. The number of H-pyrrole nitrogens is 2. The zero-order valence-corrected chi connectivity index (χ0v) is 17.0. The Kier molecular flexibility index (Phi) is 4.46. The lowest BCUT2D eigenvalue weighted by Gasteiger charge is -2.16. The van der Waals surface area contributed by atoms with Gasteiger partial charge in [0.2, 0.25) is 0 Å². The summed E-state index contributed by atoms with van der Waals surface area (Å²) in [5.41, 5.74) is 5.75. The third kappa shape index (κ3) is 3.30. The Morgan fingerprint density at radius 1 is 1.13 bits per heavy atom. The van der Waals surface area contributed by atoms with Crippen molar-refractivity contribution < 1.29 is 4.79 Å². The molecule has 152 valence electrons. The maximum absolute atomic E-state index is 12.7. The van der Waals surface area contributed by atoms with Crippen LogP contribution in [0, 0.1) is 13.8 Å². The van der Waals surface area contributed by atoms with Crippen molar-refractivity contribution in [1.82, 2.24) is 25.1 Å². The van der Waals surface area contributed by atoms with Gasteiger partial charge in [0.05, 0.1) is 27.9 Å². The number of aryl methyl sites for hydroxylation is 2. The molecule has 1 fully saturated rings. The Bertz CT molecular complexity index is 1200. The van der Waals surface area contributed by atoms with E-state index in [9.17, 15) is 4.79 Å². The van der Waals surface area contributed by atoms with E-state index in [1.54, 1.807) is 6.20 Å². The third-order valence-electron chi connectivity index (χ3n) is 5.54. The molecule has 3 N–H and O–H groups in total. The highest BCUT2D eigenvalue weighted by molar-refractivity contribution is 6.05. The van der Waals surface area contributed by atoms with E-state index in [1.807, 2.05) is 44.2 Å². The molecule has 5 rings (SSSR count). The number of nitrogens with one attached hydrogen (secondary N) is 3. The standard InChI is InChI=1S/C22H23N7O/c1-13-20(14(2)28-27-13)21-25-17-7-6-16(11-18(17)26-21)24-22(30)15-5-8-19(23-12-15)29-9-3-4-10-29/h5-8,11-12H,3-4,9-10H2,1-2H3,(H,24,30)(H,25,26)(H,27,28). The molecule has 8 heteroatoms. The van der Waals surface area contributed by atoms with Crippen molar-refractivity contribution in [1.29, 1.82) is 0 Å². The Balaban J connectivity index is 1.35. The summed E-state index contributed by atoms with van der Waals surface area (Å²) in [6.45, 7) is 5.98. The number of amides is 1. The zero-order valence-electron chi connectivity index (χ0n) is 17.0. The van der Waals surface area contributed by atoms with Gasteiger partial charge < -0.3 is 15.2 Å². The van der Waals surface area contributed by atoms with Crippen molar-refractivity contribution in [3.63, 3.8) is 0 Å². The number of hydrogen-bond acceptors (Lipinski definition) is 5. The number of imidazole rings is 1. The number of aromatic nitrogens is 5. The van der Waals surface area contributed by atoms with E-state index < -0.39 is 0 Å². The van der Waals surface area contributed by atoms with Gasteiger partial charge in [-0.3, -0.25) is 9.89 Å². The van der Waals surface area contributed by atoms with Gasteiger partial charge in [-0.1, -0.05) is 0 Å². The molecule has 1 amide bonds. The van der Waals surface area contributed by atoms with Crippen LogP contribution in [0.4, 0.5) is 11.5 Å². The lowest BCUT2D eigenvalue weighted by atomic mass is 10.2. The molecule has 8 nitrogen and oxygen atoms in total. The largest absolute Gasteiger partial charge is 0.357 e. The van der Waals surface area contributed by atoms with Crippen LogP contribution in [0.3, 0.4) is 0 Å². The van der Waals surface area contributed by atoms with E-state index in [0.717, 1.165) is 52.7 Å². The van der Waals surface area contributed by atoms with E-state index in [-0.39, 0.29) is 5.91 Å². The second-order valence-corrected chi connectivity index (χ2v) is 7.68. The Morgan fingerprint density at radius 3 is 2.67 bits per heavy atom. The number of carbonyl (C=O) groups is 1. The van der Waals surface area contributed by atoms with Crippen molar-refractivity contribution in [3.8, 4) is 11.4 Å². The quantitative estimate of drug-likeness (QED) is 0.482. The number of aromatic amines is 2. The summed E-state index contributed by atoms with van der Waals surface area (Å²) >= 11 is 0. The number of rotatable bonds is 4. The number of fused-ring (bicyclic) bond motifs is 1. The smallest absolute Gasteiger partial charge is 0.257 e. The molecule has 4 aromatic rings. The molecule has 1 aliphatic rings. The summed E-state index contributed by atoms with van der Waals surface area (Å²) in [5, 5.41) is 10.2. The van der Waals surface area contributed by atoms with Crippen LogP contribution in [0.15, 0.2) is 36.5 Å². The van der Waals surface area contributed by atoms with Crippen LogP contribution in [-0.4, -0.2) is 44.1 Å². The predicted molar refractivity (Wildman–Crippen MR) is 117 cm³/mol. The Morgan fingerprint density at radius 2 is 1.97 bits per heavy atom. The van der Waals surface area contributed by atoms with Gasteiger partial charge in [0, 0.05) is 30.7 Å². The van der Waals surface area contributed by atoms with Crippen LogP contribution in [0.25, 0.3) is 22.4 Å². The van der Waals surface area contributed by atoms with Gasteiger partial charge in [-0.05, 0) is 57.0 Å². The molecule has 30 heavy (non-hydrogen) atoms. The highest BCUT2D eigenvalue weighted by Gasteiger charge is 2.16. The van der Waals surface area contributed by atoms with E-state index in [2.05, 4.69) is 35.4 Å². The van der Waals surface area contributed by atoms with Crippen LogP contribution in [0.2, 0.25) is 0 Å². The fourth-order valence-electron chi connectivity index (χ4n) is 3.96. The van der Waals surface area contributed by atoms with Gasteiger partial charge in [0.1, 0.15) is 11.6 Å². The first-order valence-electron chi connectivity index (χ1n) is 10.1. The maximum Gasteiger partial charge on any atom is 0.257 e. The molecule has 0 aliphatic carbocycles. The fraction of sp³-hybridized carbons (Fsp3) is 0.273. The molecule has 0 saturated carbocycles. The first-order valence-corrected chi connectivity index (χ1v) is 10.1. The lowest BCUT2D eigenvalue weighted by Crippen LogP contribution is -2.19. The molecule has 0 atom stereocenters. The number of hydrogen-bond donors (Lipinski definition) is 3.